The number of thioether (sulfide) groups is 6. The molecule has 5 rings (SSSR count). The van der Waals surface area contributed by atoms with Crippen molar-refractivity contribution in [3.8, 4) is 0 Å². The van der Waals surface area contributed by atoms with Gasteiger partial charge in [-0.2, -0.15) is 18.0 Å². The first kappa shape index (κ1) is 25.4. The molecule has 1 nitrogen and oxygen atoms in total. The van der Waals surface area contributed by atoms with Gasteiger partial charge in [0.1, 0.15) is 0 Å². The van der Waals surface area contributed by atoms with Gasteiger partial charge in [-0.15, -0.1) is 68.1 Å². The van der Waals surface area contributed by atoms with Gasteiger partial charge in [0.15, 0.2) is 0 Å². The van der Waals surface area contributed by atoms with E-state index in [1.54, 1.807) is 23.5 Å². The van der Waals surface area contributed by atoms with Crippen molar-refractivity contribution < 1.29 is 22.4 Å². The zero-order valence-electron chi connectivity index (χ0n) is 15.4. The van der Waals surface area contributed by atoms with Crippen molar-refractivity contribution in [2.45, 2.75) is 25.7 Å². The summed E-state index contributed by atoms with van der Waals surface area (Å²) < 4.78 is 7.37. The van der Waals surface area contributed by atoms with Crippen molar-refractivity contribution in [1.29, 1.82) is 0 Å². The molecule has 4 aliphatic heterocycles. The molecule has 5 aliphatic rings. The molecule has 0 aromatic carbocycles. The third kappa shape index (κ3) is 7.13. The molecular weight excluding hydrogens is 696 g/mol. The molecular formula is C19H19AuNS8-3. The predicted molar refractivity (Wildman–Crippen MR) is 143 cm³/mol. The second-order valence-electron chi connectivity index (χ2n) is 6.32. The van der Waals surface area contributed by atoms with E-state index in [9.17, 15) is 0 Å². The Labute approximate surface area is 226 Å². The molecule has 0 amide bonds. The SMILES string of the molecule is C1=CC[N-]C(C2[CH-]CCCC2)=C1.[Au+].[S-]C1=C([S-])SC(=C2SC3=C(SCCS3)S2)S1. The van der Waals surface area contributed by atoms with Gasteiger partial charge in [-0.25, -0.2) is 0 Å². The predicted octanol–water partition coefficient (Wildman–Crippen LogP) is 8.11. The van der Waals surface area contributed by atoms with Crippen molar-refractivity contribution in [3.05, 3.63) is 61.1 Å². The zero-order valence-corrected chi connectivity index (χ0v) is 24.0. The second kappa shape index (κ2) is 12.9. The molecule has 0 saturated heterocycles. The molecule has 0 N–H and O–H groups in total. The summed E-state index contributed by atoms with van der Waals surface area (Å²) in [6.45, 7) is 0.885. The quantitative estimate of drug-likeness (QED) is 0.152. The molecule has 1 atom stereocenters. The first-order valence-corrected chi connectivity index (χ1v) is 15.2. The number of allylic oxidation sites excluding steroid dienone is 3. The molecule has 1 saturated carbocycles. The van der Waals surface area contributed by atoms with Crippen molar-refractivity contribution >= 4 is 95.8 Å². The van der Waals surface area contributed by atoms with Gasteiger partial charge in [-0.1, -0.05) is 54.9 Å². The maximum absolute atomic E-state index is 5.21. The fourth-order valence-electron chi connectivity index (χ4n) is 3.05. The second-order valence-corrected chi connectivity index (χ2v) is 15.0. The van der Waals surface area contributed by atoms with Gasteiger partial charge in [0.05, 0.1) is 16.9 Å². The average Bonchev–Trinajstić information content (AvgIpc) is 3.33. The Hall–Kier alpha value is 1.78. The van der Waals surface area contributed by atoms with E-state index < -0.39 is 0 Å². The Kier molecular flexibility index (Phi) is 11.3. The molecule has 29 heavy (non-hydrogen) atoms. The molecule has 1 aliphatic carbocycles. The van der Waals surface area contributed by atoms with Gasteiger partial charge < -0.3 is 37.0 Å². The minimum atomic E-state index is 0. The summed E-state index contributed by atoms with van der Waals surface area (Å²) in [6.07, 6.45) is 14.2. The number of hydrogen-bond acceptors (Lipinski definition) is 8. The normalized spacial score (nSPS) is 26.3. The minimum absolute atomic E-state index is 0. The van der Waals surface area contributed by atoms with Crippen LogP contribution >= 0.6 is 70.6 Å². The zero-order chi connectivity index (χ0) is 19.3. The Morgan fingerprint density at radius 3 is 2.10 bits per heavy atom. The fourth-order valence-corrected chi connectivity index (χ4v) is 12.3. The summed E-state index contributed by atoms with van der Waals surface area (Å²) in [6, 6.07) is 0. The third-order valence-electron chi connectivity index (χ3n) is 4.37. The van der Waals surface area contributed by atoms with Crippen LogP contribution in [0.25, 0.3) is 5.32 Å². The van der Waals surface area contributed by atoms with Crippen LogP contribution in [0.1, 0.15) is 25.7 Å². The fraction of sp³-hybridized carbons (Fsp3) is 0.421. The van der Waals surface area contributed by atoms with Crippen LogP contribution in [0.2, 0.25) is 0 Å². The first-order chi connectivity index (χ1) is 13.7. The maximum atomic E-state index is 5.21. The van der Waals surface area contributed by atoms with Crippen molar-refractivity contribution in [2.24, 2.45) is 5.92 Å². The van der Waals surface area contributed by atoms with Gasteiger partial charge in [-0.05, 0) is 0 Å². The van der Waals surface area contributed by atoms with Gasteiger partial charge in [0.25, 0.3) is 0 Å². The van der Waals surface area contributed by atoms with Gasteiger partial charge >= 0.3 is 22.4 Å². The van der Waals surface area contributed by atoms with E-state index in [4.69, 9.17) is 25.3 Å². The van der Waals surface area contributed by atoms with Crippen molar-refractivity contribution in [2.75, 3.05) is 18.1 Å². The number of nitrogens with zero attached hydrogens (tertiary/aromatic N) is 1. The Bertz CT molecular complexity index is 728. The van der Waals surface area contributed by atoms with Crippen LogP contribution < -0.4 is 0 Å². The van der Waals surface area contributed by atoms with Gasteiger partial charge in [0.2, 0.25) is 0 Å². The van der Waals surface area contributed by atoms with Crippen molar-refractivity contribution in [3.63, 3.8) is 0 Å². The molecule has 0 bridgehead atoms. The van der Waals surface area contributed by atoms with Crippen LogP contribution in [0.15, 0.2) is 49.3 Å². The molecule has 0 aromatic rings. The summed E-state index contributed by atoms with van der Waals surface area (Å²) >= 11 is 21.5. The van der Waals surface area contributed by atoms with Crippen LogP contribution in [0.4, 0.5) is 0 Å². The summed E-state index contributed by atoms with van der Waals surface area (Å²) in [4.78, 5) is 0. The molecule has 0 aromatic heterocycles. The maximum Gasteiger partial charge on any atom is 1.00 e. The Balaban J connectivity index is 0.000000167. The van der Waals surface area contributed by atoms with Crippen LogP contribution in [0.5, 0.6) is 0 Å². The standard InChI is InChI=1S/C11H15N.C8H6S8.Au/c1-2-6-10(7-3-1)11-8-4-5-9-12-11;9-3-4(10)14-7(13-3)8-15-5-6(16-8)12-2-1-11-5;/h4-6,8,10H,1-3,7,9H2;9-10H,1-2H2;/q-2;;+1/p-2. The van der Waals surface area contributed by atoms with E-state index in [-0.39, 0.29) is 22.4 Å². The van der Waals surface area contributed by atoms with E-state index >= 15 is 0 Å². The summed E-state index contributed by atoms with van der Waals surface area (Å²) in [7, 11) is 0. The Morgan fingerprint density at radius 1 is 0.897 bits per heavy atom. The Morgan fingerprint density at radius 2 is 1.55 bits per heavy atom. The molecule has 1 unspecified atom stereocenters. The summed E-state index contributed by atoms with van der Waals surface area (Å²) in [5.74, 6) is 3.12. The van der Waals surface area contributed by atoms with E-state index in [0.717, 1.165) is 15.0 Å². The topological polar surface area (TPSA) is 14.1 Å². The third-order valence-corrected chi connectivity index (χ3v) is 14.2. The van der Waals surface area contributed by atoms with Crippen LogP contribution in [0, 0.1) is 12.3 Å². The smallest absolute Gasteiger partial charge is 0.774 e. The van der Waals surface area contributed by atoms with Crippen LogP contribution in [-0.4, -0.2) is 18.1 Å². The van der Waals surface area contributed by atoms with E-state index in [2.05, 4.69) is 30.0 Å². The van der Waals surface area contributed by atoms with Gasteiger partial charge in [0, 0.05) is 11.5 Å². The number of hydrogen-bond donors (Lipinski definition) is 0. The molecule has 1 fully saturated rings. The van der Waals surface area contributed by atoms with E-state index in [1.165, 1.54) is 59.8 Å². The molecule has 10 heteroatoms. The van der Waals surface area contributed by atoms with Crippen molar-refractivity contribution in [1.82, 2.24) is 0 Å². The average molecular weight is 715 g/mol. The molecule has 0 radical (unpaired) electrons. The number of rotatable bonds is 1. The summed E-state index contributed by atoms with van der Waals surface area (Å²) in [5, 5.41) is 4.50. The largest absolute Gasteiger partial charge is 1.00 e. The molecule has 4 heterocycles. The first-order valence-electron chi connectivity index (χ1n) is 9.12. The van der Waals surface area contributed by atoms with Crippen LogP contribution in [0.3, 0.4) is 0 Å². The summed E-state index contributed by atoms with van der Waals surface area (Å²) in [5.41, 5.74) is 1.30. The van der Waals surface area contributed by atoms with E-state index in [1.807, 2.05) is 47.0 Å². The van der Waals surface area contributed by atoms with E-state index in [0.29, 0.717) is 5.92 Å². The molecule has 0 spiro atoms. The van der Waals surface area contributed by atoms with Gasteiger partial charge in [-0.3, -0.25) is 0 Å². The minimum Gasteiger partial charge on any atom is -0.774 e. The monoisotopic (exact) mass is 714 g/mol. The van der Waals surface area contributed by atoms with Crippen LogP contribution in [-0.2, 0) is 47.6 Å². The molecule has 162 valence electrons.